The lowest BCUT2D eigenvalue weighted by Gasteiger charge is -2.22. The van der Waals surface area contributed by atoms with Crippen LogP contribution in [0.15, 0.2) is 34.9 Å². The molecule has 0 saturated carbocycles. The first kappa shape index (κ1) is 12.9. The molecule has 4 heteroatoms. The molecule has 1 fully saturated rings. The van der Waals surface area contributed by atoms with Crippen molar-refractivity contribution in [3.63, 3.8) is 0 Å². The highest BCUT2D eigenvalue weighted by Crippen LogP contribution is 2.22. The molecule has 2 heterocycles. The molecule has 0 atom stereocenters. The number of ether oxygens (including phenoxy) is 1. The highest BCUT2D eigenvalue weighted by atomic mass is 79.9. The van der Waals surface area contributed by atoms with Gasteiger partial charge >= 0.3 is 0 Å². The van der Waals surface area contributed by atoms with Gasteiger partial charge in [-0.1, -0.05) is 15.9 Å². The molecule has 0 unspecified atom stereocenters. The van der Waals surface area contributed by atoms with Crippen LogP contribution in [0.1, 0.15) is 12.8 Å². The second-order valence-electron chi connectivity index (χ2n) is 5.00. The smallest absolute Gasteiger partial charge is 0.0704 e. The van der Waals surface area contributed by atoms with E-state index in [4.69, 9.17) is 4.74 Å². The summed E-state index contributed by atoms with van der Waals surface area (Å²) in [6.45, 7) is 2.80. The lowest BCUT2D eigenvalue weighted by Crippen LogP contribution is -2.22. The first-order valence-corrected chi connectivity index (χ1v) is 7.47. The number of halogens is 1. The van der Waals surface area contributed by atoms with Gasteiger partial charge in [0.25, 0.3) is 0 Å². The van der Waals surface area contributed by atoms with Gasteiger partial charge in [0.15, 0.2) is 0 Å². The van der Waals surface area contributed by atoms with Crippen LogP contribution >= 0.6 is 15.9 Å². The number of aromatic nitrogens is 1. The van der Waals surface area contributed by atoms with E-state index in [1.165, 1.54) is 0 Å². The summed E-state index contributed by atoms with van der Waals surface area (Å²) in [5, 5.41) is 4.65. The molecule has 1 aromatic heterocycles. The number of hydrogen-bond donors (Lipinski definition) is 1. The Hall–Kier alpha value is -1.13. The summed E-state index contributed by atoms with van der Waals surface area (Å²) < 4.78 is 6.46. The second kappa shape index (κ2) is 5.88. The molecule has 0 bridgehead atoms. The molecule has 1 aromatic carbocycles. The zero-order valence-corrected chi connectivity index (χ0v) is 12.3. The van der Waals surface area contributed by atoms with Crippen molar-refractivity contribution in [1.82, 2.24) is 4.98 Å². The summed E-state index contributed by atoms with van der Waals surface area (Å²) in [5.41, 5.74) is 2.12. The van der Waals surface area contributed by atoms with Crippen molar-refractivity contribution >= 4 is 32.5 Å². The van der Waals surface area contributed by atoms with Crippen LogP contribution in [0.25, 0.3) is 10.9 Å². The highest BCUT2D eigenvalue weighted by Gasteiger charge is 2.13. The fourth-order valence-corrected chi connectivity index (χ4v) is 2.79. The first-order valence-electron chi connectivity index (χ1n) is 6.68. The van der Waals surface area contributed by atoms with Crippen LogP contribution in [0, 0.1) is 5.92 Å². The number of anilines is 1. The topological polar surface area (TPSA) is 34.2 Å². The van der Waals surface area contributed by atoms with Crippen LogP contribution in [0.2, 0.25) is 0 Å². The summed E-state index contributed by atoms with van der Waals surface area (Å²) in [6, 6.07) is 8.31. The van der Waals surface area contributed by atoms with E-state index < -0.39 is 0 Å². The van der Waals surface area contributed by atoms with Gasteiger partial charge in [-0.3, -0.25) is 4.98 Å². The molecule has 1 saturated heterocycles. The van der Waals surface area contributed by atoms with Crippen molar-refractivity contribution in [1.29, 1.82) is 0 Å². The van der Waals surface area contributed by atoms with Crippen molar-refractivity contribution in [2.45, 2.75) is 12.8 Å². The van der Waals surface area contributed by atoms with E-state index in [1.54, 1.807) is 0 Å². The number of pyridine rings is 1. The van der Waals surface area contributed by atoms with Crippen LogP contribution in [0.3, 0.4) is 0 Å². The first-order chi connectivity index (χ1) is 9.31. The molecule has 2 aromatic rings. The van der Waals surface area contributed by atoms with Gasteiger partial charge in [0.05, 0.1) is 17.4 Å². The normalized spacial score (nSPS) is 16.7. The Bertz CT molecular complexity index is 567. The molecule has 19 heavy (non-hydrogen) atoms. The third kappa shape index (κ3) is 3.25. The summed E-state index contributed by atoms with van der Waals surface area (Å²) in [7, 11) is 0. The number of hydrogen-bond acceptors (Lipinski definition) is 3. The third-order valence-corrected chi connectivity index (χ3v) is 4.07. The second-order valence-corrected chi connectivity index (χ2v) is 5.91. The van der Waals surface area contributed by atoms with Gasteiger partial charge in [0.1, 0.15) is 0 Å². The molecular formula is C15H17BrN2O. The molecule has 0 amide bonds. The zero-order valence-electron chi connectivity index (χ0n) is 10.7. The molecule has 0 radical (unpaired) electrons. The standard InChI is InChI=1S/C15H17BrN2O/c16-13-1-2-15-12(7-13)8-14(10-18-15)17-9-11-3-5-19-6-4-11/h1-2,7-8,10-11,17H,3-6,9H2. The average Bonchev–Trinajstić information content (AvgIpc) is 2.46. The zero-order chi connectivity index (χ0) is 13.1. The predicted molar refractivity (Wildman–Crippen MR) is 81.5 cm³/mol. The van der Waals surface area contributed by atoms with Gasteiger partial charge in [-0.2, -0.15) is 0 Å². The van der Waals surface area contributed by atoms with E-state index in [0.717, 1.165) is 53.7 Å². The summed E-state index contributed by atoms with van der Waals surface area (Å²) in [4.78, 5) is 4.48. The maximum Gasteiger partial charge on any atom is 0.0704 e. The third-order valence-electron chi connectivity index (χ3n) is 3.58. The number of benzene rings is 1. The Morgan fingerprint density at radius 2 is 2.11 bits per heavy atom. The Kier molecular flexibility index (Phi) is 3.99. The molecule has 3 rings (SSSR count). The minimum absolute atomic E-state index is 0.715. The van der Waals surface area contributed by atoms with Crippen molar-refractivity contribution in [3.8, 4) is 0 Å². The van der Waals surface area contributed by atoms with E-state index in [0.29, 0.717) is 5.92 Å². The Morgan fingerprint density at radius 1 is 1.26 bits per heavy atom. The molecular weight excluding hydrogens is 304 g/mol. The van der Waals surface area contributed by atoms with Crippen molar-refractivity contribution in [3.05, 3.63) is 34.9 Å². The molecule has 0 aliphatic carbocycles. The number of nitrogens with zero attached hydrogens (tertiary/aromatic N) is 1. The van der Waals surface area contributed by atoms with Crippen molar-refractivity contribution in [2.24, 2.45) is 5.92 Å². The van der Waals surface area contributed by atoms with Crippen molar-refractivity contribution < 1.29 is 4.74 Å². The number of rotatable bonds is 3. The summed E-state index contributed by atoms with van der Waals surface area (Å²) in [6.07, 6.45) is 4.22. The van der Waals surface area contributed by atoms with E-state index in [-0.39, 0.29) is 0 Å². The van der Waals surface area contributed by atoms with E-state index in [2.05, 4.69) is 38.4 Å². The van der Waals surface area contributed by atoms with E-state index >= 15 is 0 Å². The van der Waals surface area contributed by atoms with Crippen molar-refractivity contribution in [2.75, 3.05) is 25.1 Å². The maximum absolute atomic E-state index is 5.38. The molecule has 1 aliphatic rings. The highest BCUT2D eigenvalue weighted by molar-refractivity contribution is 9.10. The summed E-state index contributed by atoms with van der Waals surface area (Å²) >= 11 is 3.50. The minimum atomic E-state index is 0.715. The quantitative estimate of drug-likeness (QED) is 0.933. The summed E-state index contributed by atoms with van der Waals surface area (Å²) in [5.74, 6) is 0.715. The van der Waals surface area contributed by atoms with Crippen LogP contribution in [-0.2, 0) is 4.74 Å². The molecule has 1 N–H and O–H groups in total. The van der Waals surface area contributed by atoms with Gasteiger partial charge in [0.2, 0.25) is 0 Å². The Morgan fingerprint density at radius 3 is 2.95 bits per heavy atom. The maximum atomic E-state index is 5.38. The lowest BCUT2D eigenvalue weighted by molar-refractivity contribution is 0.0699. The number of fused-ring (bicyclic) bond motifs is 1. The van der Waals surface area contributed by atoms with Crippen LogP contribution in [0.4, 0.5) is 5.69 Å². The molecule has 1 aliphatic heterocycles. The van der Waals surface area contributed by atoms with Gasteiger partial charge in [-0.05, 0) is 43.0 Å². The van der Waals surface area contributed by atoms with Crippen LogP contribution in [0.5, 0.6) is 0 Å². The SMILES string of the molecule is Brc1ccc2ncc(NCC3CCOCC3)cc2c1. The predicted octanol–water partition coefficient (Wildman–Crippen LogP) is 3.84. The lowest BCUT2D eigenvalue weighted by atomic mass is 10.0. The molecule has 0 spiro atoms. The fraction of sp³-hybridized carbons (Fsp3) is 0.400. The minimum Gasteiger partial charge on any atom is -0.384 e. The molecule has 3 nitrogen and oxygen atoms in total. The van der Waals surface area contributed by atoms with Gasteiger partial charge in [0, 0.05) is 29.6 Å². The Balaban J connectivity index is 1.70. The molecule has 100 valence electrons. The largest absolute Gasteiger partial charge is 0.384 e. The van der Waals surface area contributed by atoms with E-state index in [1.807, 2.05) is 18.3 Å². The monoisotopic (exact) mass is 320 g/mol. The van der Waals surface area contributed by atoms with Gasteiger partial charge in [-0.25, -0.2) is 0 Å². The fourth-order valence-electron chi connectivity index (χ4n) is 2.41. The number of nitrogens with one attached hydrogen (secondary N) is 1. The van der Waals surface area contributed by atoms with E-state index in [9.17, 15) is 0 Å². The Labute approximate surface area is 121 Å². The van der Waals surface area contributed by atoms with Crippen LogP contribution in [-0.4, -0.2) is 24.7 Å². The van der Waals surface area contributed by atoms with Gasteiger partial charge < -0.3 is 10.1 Å². The van der Waals surface area contributed by atoms with Crippen LogP contribution < -0.4 is 5.32 Å². The van der Waals surface area contributed by atoms with Gasteiger partial charge in [-0.15, -0.1) is 0 Å². The average molecular weight is 321 g/mol.